The van der Waals surface area contributed by atoms with Crippen molar-refractivity contribution in [2.45, 2.75) is 37.7 Å². The predicted octanol–water partition coefficient (Wildman–Crippen LogP) is 11.6. The number of alkyl halides is 2. The number of Topliss-reactive ketones (excluding diaryl/α,β-unsaturated/α-hetero) is 2. The second-order valence-corrected chi connectivity index (χ2v) is 15.2. The van der Waals surface area contributed by atoms with Crippen molar-refractivity contribution >= 4 is 139 Å². The highest BCUT2D eigenvalue weighted by molar-refractivity contribution is 6.39. The van der Waals surface area contributed by atoms with Gasteiger partial charge in [0.05, 0.1) is 42.6 Å². The van der Waals surface area contributed by atoms with Gasteiger partial charge in [-0.1, -0.05) is 82.8 Å². The zero-order valence-corrected chi connectivity index (χ0v) is 36.8. The average Bonchev–Trinajstić information content (AvgIpc) is 3.24. The topological polar surface area (TPSA) is 200 Å². The fourth-order valence-electron chi connectivity index (χ4n) is 5.31. The van der Waals surface area contributed by atoms with Crippen LogP contribution in [-0.2, 0) is 30.9 Å². The van der Waals surface area contributed by atoms with Crippen molar-refractivity contribution in [3.05, 3.63) is 139 Å². The second kappa shape index (κ2) is 21.9. The fraction of sp³-hybridized carbons (Fsp3) is 0.143. The Kier molecular flexibility index (Phi) is 16.7. The van der Waals surface area contributed by atoms with Gasteiger partial charge in [-0.15, -0.1) is 23.2 Å². The molecule has 5 aromatic carbocycles. The van der Waals surface area contributed by atoms with Crippen LogP contribution in [-0.4, -0.2) is 47.3 Å². The highest BCUT2D eigenvalue weighted by atomic mass is 35.5. The lowest BCUT2D eigenvalue weighted by Crippen LogP contribution is -2.32. The number of carbonyl (C=O) groups is 6. The van der Waals surface area contributed by atoms with Crippen LogP contribution >= 0.6 is 69.6 Å². The van der Waals surface area contributed by atoms with Crippen LogP contribution in [0.1, 0.15) is 45.7 Å². The molecular weight excluding hydrogens is 925 g/mol. The first-order valence-corrected chi connectivity index (χ1v) is 20.6. The quantitative estimate of drug-likeness (QED) is 0.0431. The third-order valence-corrected chi connectivity index (χ3v) is 10.6. The molecule has 0 aliphatic heterocycles. The molecule has 0 fully saturated rings. The highest BCUT2D eigenvalue weighted by Crippen LogP contribution is 2.35. The van der Waals surface area contributed by atoms with E-state index in [1.165, 1.54) is 48.5 Å². The molecule has 0 heterocycles. The SMILES string of the molecule is CC(=O)C(N=Nc1cccc(C(=O)Nc2ccc(CCl)cc2)c1Cl)C(=O)Nc1cc(Cl)c(NC(=O)C(N=Nc2cccc(C(=O)Nc3ccc(CCl)cc3)c2Cl)C(C)=O)cc1Cl. The van der Waals surface area contributed by atoms with Gasteiger partial charge in [0.2, 0.25) is 12.1 Å². The van der Waals surface area contributed by atoms with E-state index < -0.39 is 47.3 Å². The molecule has 0 aliphatic rings. The maximum absolute atomic E-state index is 13.3. The number of carbonyl (C=O) groups excluding carboxylic acids is 6. The Morgan fingerprint density at radius 1 is 0.516 bits per heavy atom. The van der Waals surface area contributed by atoms with Crippen LogP contribution in [0.5, 0.6) is 0 Å². The number of ketones is 2. The number of azo groups is 2. The molecule has 4 amide bonds. The van der Waals surface area contributed by atoms with Crippen LogP contribution in [0.4, 0.5) is 34.1 Å². The number of rotatable bonds is 16. The molecule has 62 heavy (non-hydrogen) atoms. The van der Waals surface area contributed by atoms with E-state index in [0.29, 0.717) is 23.1 Å². The van der Waals surface area contributed by atoms with Crippen LogP contribution in [0, 0.1) is 0 Å². The third-order valence-electron chi connectivity index (χ3n) is 8.58. The Morgan fingerprint density at radius 3 is 1.19 bits per heavy atom. The lowest BCUT2D eigenvalue weighted by atomic mass is 10.1. The summed E-state index contributed by atoms with van der Waals surface area (Å²) in [5.74, 6) is -3.75. The van der Waals surface area contributed by atoms with Gasteiger partial charge >= 0.3 is 0 Å². The van der Waals surface area contributed by atoms with Gasteiger partial charge in [-0.05, 0) is 85.6 Å². The monoisotopic (exact) mass is 954 g/mol. The molecule has 2 unspecified atom stereocenters. The molecular formula is C42H32Cl6N8O6. The van der Waals surface area contributed by atoms with Crippen LogP contribution < -0.4 is 21.3 Å². The van der Waals surface area contributed by atoms with Gasteiger partial charge in [0, 0.05) is 23.1 Å². The highest BCUT2D eigenvalue weighted by Gasteiger charge is 2.27. The van der Waals surface area contributed by atoms with Crippen molar-refractivity contribution < 1.29 is 28.8 Å². The number of hydrogen-bond donors (Lipinski definition) is 4. The average molecular weight is 957 g/mol. The van der Waals surface area contributed by atoms with Crippen molar-refractivity contribution in [2.75, 3.05) is 21.3 Å². The first-order valence-electron chi connectivity index (χ1n) is 18.0. The predicted molar refractivity (Wildman–Crippen MR) is 242 cm³/mol. The summed E-state index contributed by atoms with van der Waals surface area (Å²) in [5.41, 5.74) is 2.72. The minimum absolute atomic E-state index is 0.00490. The van der Waals surface area contributed by atoms with Gasteiger partial charge in [0.25, 0.3) is 23.6 Å². The number of hydrogen-bond acceptors (Lipinski definition) is 10. The van der Waals surface area contributed by atoms with E-state index in [-0.39, 0.29) is 54.0 Å². The van der Waals surface area contributed by atoms with Gasteiger partial charge in [0.1, 0.15) is 11.4 Å². The minimum Gasteiger partial charge on any atom is -0.322 e. The fourth-order valence-corrected chi connectivity index (χ4v) is 6.59. The number of nitrogens with one attached hydrogen (secondary N) is 4. The molecule has 0 bridgehead atoms. The minimum atomic E-state index is -1.68. The van der Waals surface area contributed by atoms with Crippen molar-refractivity contribution in [1.29, 1.82) is 0 Å². The van der Waals surface area contributed by atoms with Gasteiger partial charge in [-0.2, -0.15) is 20.5 Å². The van der Waals surface area contributed by atoms with Crippen LogP contribution in [0.3, 0.4) is 0 Å². The summed E-state index contributed by atoms with van der Waals surface area (Å²) in [5, 5.41) is 25.7. The molecule has 318 valence electrons. The molecule has 0 saturated heterocycles. The smallest absolute Gasteiger partial charge is 0.258 e. The van der Waals surface area contributed by atoms with Crippen molar-refractivity contribution in [3.63, 3.8) is 0 Å². The van der Waals surface area contributed by atoms with Crippen LogP contribution in [0.25, 0.3) is 0 Å². The van der Waals surface area contributed by atoms with Gasteiger partial charge < -0.3 is 21.3 Å². The molecule has 5 rings (SSSR count). The summed E-state index contributed by atoms with van der Waals surface area (Å²) in [6.45, 7) is 2.23. The summed E-state index contributed by atoms with van der Waals surface area (Å²) < 4.78 is 0. The number of anilines is 4. The van der Waals surface area contributed by atoms with Crippen molar-refractivity contribution in [3.8, 4) is 0 Å². The van der Waals surface area contributed by atoms with Crippen LogP contribution in [0.2, 0.25) is 20.1 Å². The van der Waals surface area contributed by atoms with E-state index in [0.717, 1.165) is 25.0 Å². The summed E-state index contributed by atoms with van der Waals surface area (Å²) in [7, 11) is 0. The molecule has 5 aromatic rings. The first-order chi connectivity index (χ1) is 29.6. The zero-order valence-electron chi connectivity index (χ0n) is 32.3. The Hall–Kier alpha value is -5.74. The maximum atomic E-state index is 13.3. The van der Waals surface area contributed by atoms with E-state index in [2.05, 4.69) is 41.7 Å². The summed E-state index contributed by atoms with van der Waals surface area (Å²) in [6.07, 6.45) is 0. The molecule has 0 saturated carbocycles. The number of halogens is 6. The second-order valence-electron chi connectivity index (χ2n) is 13.1. The number of amides is 4. The Morgan fingerprint density at radius 2 is 0.871 bits per heavy atom. The molecule has 0 aliphatic carbocycles. The van der Waals surface area contributed by atoms with Crippen molar-refractivity contribution in [1.82, 2.24) is 0 Å². The van der Waals surface area contributed by atoms with E-state index in [1.54, 1.807) is 48.5 Å². The van der Waals surface area contributed by atoms with E-state index in [4.69, 9.17) is 69.6 Å². The van der Waals surface area contributed by atoms with Crippen LogP contribution in [0.15, 0.2) is 118 Å². The number of benzene rings is 5. The third kappa shape index (κ3) is 12.2. The summed E-state index contributed by atoms with van der Waals surface area (Å²) in [6, 6.07) is 21.6. The lowest BCUT2D eigenvalue weighted by molar-refractivity contribution is -0.127. The molecule has 0 radical (unpaired) electrons. The molecule has 20 heteroatoms. The molecule has 2 atom stereocenters. The standard InChI is InChI=1S/C42H32Cl6N8O6/c1-21(57)37(55-53-31-7-3-5-27(35(31)47)39(59)49-25-13-9-23(19-43)10-14-25)41(61)51-33-17-30(46)34(18-29(33)45)52-42(62)38(22(2)58)56-54-32-8-4-6-28(36(32)48)40(60)50-26-15-11-24(20-44)12-16-26/h3-18,37-38H,19-20H2,1-2H3,(H,49,59)(H,50,60)(H,51,61)(H,52,62). The largest absolute Gasteiger partial charge is 0.322 e. The van der Waals surface area contributed by atoms with E-state index >= 15 is 0 Å². The number of nitrogens with zero attached hydrogens (tertiary/aromatic N) is 4. The van der Waals surface area contributed by atoms with Gasteiger partial charge in [0.15, 0.2) is 11.6 Å². The van der Waals surface area contributed by atoms with E-state index in [1.807, 2.05) is 0 Å². The molecule has 4 N–H and O–H groups in total. The first kappa shape index (κ1) is 47.3. The molecule has 0 spiro atoms. The Balaban J connectivity index is 1.25. The summed E-state index contributed by atoms with van der Waals surface area (Å²) >= 11 is 37.5. The molecule has 0 aromatic heterocycles. The van der Waals surface area contributed by atoms with E-state index in [9.17, 15) is 28.8 Å². The Bertz CT molecular complexity index is 2430. The van der Waals surface area contributed by atoms with Crippen molar-refractivity contribution in [2.24, 2.45) is 20.5 Å². The lowest BCUT2D eigenvalue weighted by Gasteiger charge is -2.15. The Labute approximate surface area is 384 Å². The van der Waals surface area contributed by atoms with Gasteiger partial charge in [-0.25, -0.2) is 0 Å². The normalized spacial score (nSPS) is 12.1. The zero-order chi connectivity index (χ0) is 45.1. The maximum Gasteiger partial charge on any atom is 0.258 e. The summed E-state index contributed by atoms with van der Waals surface area (Å²) in [4.78, 5) is 77.6. The molecule has 14 nitrogen and oxygen atoms in total. The van der Waals surface area contributed by atoms with Gasteiger partial charge in [-0.3, -0.25) is 28.8 Å².